The minimum Gasteiger partial charge on any atom is -0.340 e. The van der Waals surface area contributed by atoms with E-state index in [1.54, 1.807) is 12.1 Å². The van der Waals surface area contributed by atoms with Gasteiger partial charge in [-0.05, 0) is 43.6 Å². The highest BCUT2D eigenvalue weighted by molar-refractivity contribution is 7.98. The van der Waals surface area contributed by atoms with Crippen LogP contribution in [0.3, 0.4) is 0 Å². The average molecular weight is 437 g/mol. The minimum absolute atomic E-state index is 0.106. The Morgan fingerprint density at radius 3 is 2.31 bits per heavy atom. The summed E-state index contributed by atoms with van der Waals surface area (Å²) >= 11 is 1.44. The third-order valence-corrected chi connectivity index (χ3v) is 6.08. The maximum Gasteiger partial charge on any atom is 0.240 e. The topological polar surface area (TPSA) is 96.0 Å². The van der Waals surface area contributed by atoms with Crippen molar-refractivity contribution < 1.29 is 17.2 Å². The Hall–Kier alpha value is -2.76. The van der Waals surface area contributed by atoms with Crippen LogP contribution < -0.4 is 15.4 Å². The van der Waals surface area contributed by atoms with Crippen LogP contribution in [0.4, 0.5) is 31.8 Å². The van der Waals surface area contributed by atoms with Crippen molar-refractivity contribution in [3.05, 3.63) is 60.4 Å². The number of nitrogens with zero attached hydrogens (tertiary/aromatic N) is 2. The zero-order chi connectivity index (χ0) is 21.0. The number of thioether (sulfide) groups is 1. The van der Waals surface area contributed by atoms with Crippen LogP contribution in [-0.2, 0) is 10.0 Å². The predicted molar refractivity (Wildman–Crippen MR) is 109 cm³/mol. The van der Waals surface area contributed by atoms with Crippen molar-refractivity contribution in [3.8, 4) is 0 Å². The summed E-state index contributed by atoms with van der Waals surface area (Å²) in [7, 11) is -2.27. The lowest BCUT2D eigenvalue weighted by atomic mass is 10.3. The number of hydrogen-bond donors (Lipinski definition) is 3. The van der Waals surface area contributed by atoms with Gasteiger partial charge in [-0.1, -0.05) is 0 Å². The molecular formula is C18H17F2N5O2S2. The maximum absolute atomic E-state index is 13.4. The molecule has 0 unspecified atom stereocenters. The average Bonchev–Trinajstić information content (AvgIpc) is 2.71. The molecule has 3 N–H and O–H groups in total. The number of hydrogen-bond acceptors (Lipinski definition) is 7. The molecule has 2 aromatic carbocycles. The lowest BCUT2D eigenvalue weighted by Crippen LogP contribution is -2.18. The zero-order valence-corrected chi connectivity index (χ0v) is 17.0. The molecule has 7 nitrogen and oxygen atoms in total. The van der Waals surface area contributed by atoms with E-state index in [-0.39, 0.29) is 4.90 Å². The molecule has 0 aliphatic heterocycles. The first-order valence-corrected chi connectivity index (χ1v) is 11.0. The molecule has 0 aliphatic carbocycles. The van der Waals surface area contributed by atoms with Crippen LogP contribution in [0, 0.1) is 11.6 Å². The summed E-state index contributed by atoms with van der Waals surface area (Å²) in [4.78, 5) is 9.10. The van der Waals surface area contributed by atoms with E-state index in [9.17, 15) is 17.2 Å². The minimum atomic E-state index is -3.60. The third kappa shape index (κ3) is 5.00. The van der Waals surface area contributed by atoms with E-state index in [4.69, 9.17) is 0 Å². The molecule has 3 rings (SSSR count). The van der Waals surface area contributed by atoms with Crippen molar-refractivity contribution in [3.63, 3.8) is 0 Å². The smallest absolute Gasteiger partial charge is 0.240 e. The first kappa shape index (κ1) is 21.0. The fraction of sp³-hybridized carbons (Fsp3) is 0.111. The van der Waals surface area contributed by atoms with E-state index in [2.05, 4.69) is 25.3 Å². The van der Waals surface area contributed by atoms with Crippen LogP contribution in [0.15, 0.2) is 58.6 Å². The second-order valence-corrected chi connectivity index (χ2v) is 8.47. The molecule has 0 aliphatic rings. The molecular weight excluding hydrogens is 420 g/mol. The molecule has 0 fully saturated rings. The van der Waals surface area contributed by atoms with Gasteiger partial charge in [0.25, 0.3) is 0 Å². The highest BCUT2D eigenvalue weighted by Gasteiger charge is 2.14. The fourth-order valence-corrected chi connectivity index (χ4v) is 3.71. The van der Waals surface area contributed by atoms with Crippen molar-refractivity contribution in [2.75, 3.05) is 23.9 Å². The molecule has 0 saturated carbocycles. The van der Waals surface area contributed by atoms with Crippen molar-refractivity contribution >= 4 is 44.8 Å². The number of benzene rings is 2. The van der Waals surface area contributed by atoms with Crippen LogP contribution in [0.1, 0.15) is 0 Å². The summed E-state index contributed by atoms with van der Waals surface area (Å²) in [5.74, 6) is -1.19. The Labute approximate surface area is 171 Å². The van der Waals surface area contributed by atoms with Gasteiger partial charge in [-0.3, -0.25) is 0 Å². The number of halogens is 2. The van der Waals surface area contributed by atoms with Crippen LogP contribution >= 0.6 is 11.8 Å². The number of rotatable bonds is 7. The Kier molecular flexibility index (Phi) is 6.30. The predicted octanol–water partition coefficient (Wildman–Crippen LogP) is 3.87. The number of sulfonamides is 1. The molecule has 1 heterocycles. The highest BCUT2D eigenvalue weighted by atomic mass is 32.2. The van der Waals surface area contributed by atoms with Crippen LogP contribution in [0.2, 0.25) is 0 Å². The van der Waals surface area contributed by atoms with Gasteiger partial charge < -0.3 is 10.6 Å². The Morgan fingerprint density at radius 2 is 1.66 bits per heavy atom. The van der Waals surface area contributed by atoms with E-state index in [1.807, 2.05) is 6.26 Å². The van der Waals surface area contributed by atoms with Gasteiger partial charge in [0.2, 0.25) is 10.0 Å². The maximum atomic E-state index is 13.4. The van der Waals surface area contributed by atoms with Crippen LogP contribution in [0.25, 0.3) is 0 Å². The zero-order valence-electron chi connectivity index (χ0n) is 15.4. The SMILES string of the molecule is CNS(=O)(=O)c1ccc(SC)c(Nc2cc(Nc3ccc(F)c(F)c3)ncn2)c1. The summed E-state index contributed by atoms with van der Waals surface area (Å²) in [5, 5.41) is 5.93. The van der Waals surface area contributed by atoms with Gasteiger partial charge in [-0.2, -0.15) is 0 Å². The summed E-state index contributed by atoms with van der Waals surface area (Å²) in [5.41, 5.74) is 0.867. The first-order chi connectivity index (χ1) is 13.8. The van der Waals surface area contributed by atoms with Crippen molar-refractivity contribution in [2.45, 2.75) is 9.79 Å². The quantitative estimate of drug-likeness (QED) is 0.483. The van der Waals surface area contributed by atoms with Gasteiger partial charge in [-0.15, -0.1) is 11.8 Å². The van der Waals surface area contributed by atoms with Gasteiger partial charge >= 0.3 is 0 Å². The van der Waals surface area contributed by atoms with Gasteiger partial charge in [0.05, 0.1) is 10.6 Å². The van der Waals surface area contributed by atoms with E-state index in [0.717, 1.165) is 17.0 Å². The second kappa shape index (κ2) is 8.72. The van der Waals surface area contributed by atoms with Gasteiger partial charge in [0.15, 0.2) is 11.6 Å². The van der Waals surface area contributed by atoms with E-state index < -0.39 is 21.7 Å². The molecule has 152 valence electrons. The lowest BCUT2D eigenvalue weighted by molar-refractivity contribution is 0.509. The molecule has 3 aromatic rings. The van der Waals surface area contributed by atoms with E-state index in [0.29, 0.717) is 23.0 Å². The van der Waals surface area contributed by atoms with Gasteiger partial charge in [0, 0.05) is 22.7 Å². The summed E-state index contributed by atoms with van der Waals surface area (Å²) in [6, 6.07) is 9.68. The van der Waals surface area contributed by atoms with E-state index in [1.165, 1.54) is 43.3 Å². The van der Waals surface area contributed by atoms with Crippen LogP contribution in [-0.4, -0.2) is 31.7 Å². The molecule has 0 atom stereocenters. The normalized spacial score (nSPS) is 11.3. The third-order valence-electron chi connectivity index (χ3n) is 3.87. The standard InChI is InChI=1S/C18H17F2N5O2S2/c1-21-29(26,27)12-4-6-16(28-2)15(8-12)25-18-9-17(22-10-23-18)24-11-3-5-13(19)14(20)7-11/h3-10,21H,1-2H3,(H2,22,23,24,25). The van der Waals surface area contributed by atoms with E-state index >= 15 is 0 Å². The fourth-order valence-electron chi connectivity index (χ4n) is 2.42. The summed E-state index contributed by atoms with van der Waals surface area (Å²) in [6.45, 7) is 0. The number of aromatic nitrogens is 2. The molecule has 0 amide bonds. The van der Waals surface area contributed by atoms with Gasteiger partial charge in [0.1, 0.15) is 18.0 Å². The second-order valence-electron chi connectivity index (χ2n) is 5.74. The molecule has 11 heteroatoms. The summed E-state index contributed by atoms with van der Waals surface area (Å²) in [6.07, 6.45) is 3.15. The Morgan fingerprint density at radius 1 is 0.931 bits per heavy atom. The molecule has 0 saturated heterocycles. The molecule has 0 radical (unpaired) electrons. The molecule has 1 aromatic heterocycles. The largest absolute Gasteiger partial charge is 0.340 e. The van der Waals surface area contributed by atoms with Gasteiger partial charge in [-0.25, -0.2) is 31.9 Å². The lowest BCUT2D eigenvalue weighted by Gasteiger charge is -2.13. The number of anilines is 4. The van der Waals surface area contributed by atoms with Crippen molar-refractivity contribution in [2.24, 2.45) is 0 Å². The van der Waals surface area contributed by atoms with Crippen LogP contribution in [0.5, 0.6) is 0 Å². The first-order valence-electron chi connectivity index (χ1n) is 8.25. The number of nitrogens with one attached hydrogen (secondary N) is 3. The molecule has 0 bridgehead atoms. The highest BCUT2D eigenvalue weighted by Crippen LogP contribution is 2.30. The molecule has 0 spiro atoms. The van der Waals surface area contributed by atoms with Crippen molar-refractivity contribution in [1.82, 2.24) is 14.7 Å². The Balaban J connectivity index is 1.88. The van der Waals surface area contributed by atoms with Crippen molar-refractivity contribution in [1.29, 1.82) is 0 Å². The summed E-state index contributed by atoms with van der Waals surface area (Å²) < 4.78 is 52.9. The molecule has 29 heavy (non-hydrogen) atoms. The Bertz CT molecular complexity index is 1140. The monoisotopic (exact) mass is 437 g/mol.